The molecule has 2 aliphatic heterocycles. The third-order valence-corrected chi connectivity index (χ3v) is 3.73. The van der Waals surface area contributed by atoms with Crippen molar-refractivity contribution in [3.63, 3.8) is 0 Å². The van der Waals surface area contributed by atoms with Crippen molar-refractivity contribution in [3.8, 4) is 0 Å². The lowest BCUT2D eigenvalue weighted by Crippen LogP contribution is -2.51. The second-order valence-electron chi connectivity index (χ2n) is 5.19. The Morgan fingerprint density at radius 3 is 2.00 bits per heavy atom. The Balaban J connectivity index is 0.00000112. The average Bonchev–Trinajstić information content (AvgIpc) is 2.18. The molecular weight excluding hydrogens is 208 g/mol. The third kappa shape index (κ3) is 3.61. The maximum absolute atomic E-state index is 3.62. The molecule has 0 aromatic carbocycles. The predicted molar refractivity (Wildman–Crippen MR) is 67.8 cm³/mol. The van der Waals surface area contributed by atoms with Crippen molar-refractivity contribution in [2.24, 2.45) is 0 Å². The number of rotatable bonds is 1. The summed E-state index contributed by atoms with van der Waals surface area (Å²) in [6, 6.07) is 2.29. The number of likely N-dealkylation sites (tertiary alicyclic amines) is 1. The van der Waals surface area contributed by atoms with E-state index in [1.807, 2.05) is 0 Å². The number of halogens is 1. The number of nitrogens with one attached hydrogen (secondary N) is 1. The molecule has 1 N–H and O–H groups in total. The molecule has 2 aliphatic rings. The fourth-order valence-electron chi connectivity index (χ4n) is 3.12. The van der Waals surface area contributed by atoms with E-state index >= 15 is 0 Å². The van der Waals surface area contributed by atoms with Crippen LogP contribution in [0.4, 0.5) is 0 Å². The van der Waals surface area contributed by atoms with Gasteiger partial charge in [0, 0.05) is 18.1 Å². The van der Waals surface area contributed by atoms with Gasteiger partial charge >= 0.3 is 0 Å². The minimum absolute atomic E-state index is 0. The fourth-order valence-corrected chi connectivity index (χ4v) is 3.12. The molecule has 2 atom stereocenters. The van der Waals surface area contributed by atoms with Gasteiger partial charge in [0.15, 0.2) is 0 Å². The maximum Gasteiger partial charge on any atom is 0.0125 e. The molecule has 0 bridgehead atoms. The van der Waals surface area contributed by atoms with Gasteiger partial charge < -0.3 is 10.2 Å². The zero-order valence-corrected chi connectivity index (χ0v) is 10.9. The van der Waals surface area contributed by atoms with Crippen LogP contribution in [0.2, 0.25) is 0 Å². The second kappa shape index (κ2) is 6.07. The highest BCUT2D eigenvalue weighted by Crippen LogP contribution is 2.22. The molecule has 0 amide bonds. The summed E-state index contributed by atoms with van der Waals surface area (Å²) in [7, 11) is 0. The summed E-state index contributed by atoms with van der Waals surface area (Å²) < 4.78 is 0. The Bertz CT molecular complexity index is 170. The number of hydrogen-bond donors (Lipinski definition) is 1. The first kappa shape index (κ1) is 13.3. The van der Waals surface area contributed by atoms with Gasteiger partial charge in [-0.05, 0) is 52.6 Å². The SMILES string of the molecule is CC1CC(N2CCCCC2)CC(C)N1.Cl. The zero-order chi connectivity index (χ0) is 9.97. The first-order valence-corrected chi connectivity index (χ1v) is 6.26. The van der Waals surface area contributed by atoms with E-state index in [0.29, 0.717) is 12.1 Å². The minimum atomic E-state index is 0. The van der Waals surface area contributed by atoms with Gasteiger partial charge in [0.1, 0.15) is 0 Å². The van der Waals surface area contributed by atoms with E-state index in [1.54, 1.807) is 0 Å². The standard InChI is InChI=1S/C12H24N2.ClH/c1-10-8-12(9-11(2)13-10)14-6-4-3-5-7-14;/h10-13H,3-9H2,1-2H3;1H. The van der Waals surface area contributed by atoms with Crippen LogP contribution in [-0.4, -0.2) is 36.1 Å². The highest BCUT2D eigenvalue weighted by Gasteiger charge is 2.28. The molecule has 0 aromatic heterocycles. The molecule has 2 saturated heterocycles. The first-order chi connectivity index (χ1) is 6.75. The monoisotopic (exact) mass is 232 g/mol. The summed E-state index contributed by atoms with van der Waals surface area (Å²) in [4.78, 5) is 2.73. The Morgan fingerprint density at radius 2 is 1.47 bits per heavy atom. The van der Waals surface area contributed by atoms with Crippen LogP contribution in [0.15, 0.2) is 0 Å². The Hall–Kier alpha value is 0.210. The topological polar surface area (TPSA) is 15.3 Å². The predicted octanol–water partition coefficient (Wildman–Crippen LogP) is 2.42. The molecule has 2 rings (SSSR count). The maximum atomic E-state index is 3.62. The van der Waals surface area contributed by atoms with Crippen LogP contribution in [0, 0.1) is 0 Å². The quantitative estimate of drug-likeness (QED) is 0.747. The molecule has 3 heteroatoms. The van der Waals surface area contributed by atoms with Gasteiger partial charge in [-0.15, -0.1) is 12.4 Å². The molecule has 0 saturated carbocycles. The summed E-state index contributed by atoms with van der Waals surface area (Å²) in [6.45, 7) is 7.35. The fraction of sp³-hybridized carbons (Fsp3) is 1.00. The molecule has 2 heterocycles. The lowest BCUT2D eigenvalue weighted by molar-refractivity contribution is 0.109. The number of piperidine rings is 2. The van der Waals surface area contributed by atoms with E-state index in [9.17, 15) is 0 Å². The van der Waals surface area contributed by atoms with Crippen LogP contribution >= 0.6 is 12.4 Å². The van der Waals surface area contributed by atoms with E-state index < -0.39 is 0 Å². The van der Waals surface area contributed by atoms with Crippen molar-refractivity contribution >= 4 is 12.4 Å². The van der Waals surface area contributed by atoms with Crippen molar-refractivity contribution in [1.29, 1.82) is 0 Å². The molecule has 2 fully saturated rings. The van der Waals surface area contributed by atoms with E-state index in [1.165, 1.54) is 45.2 Å². The van der Waals surface area contributed by atoms with Gasteiger partial charge in [-0.25, -0.2) is 0 Å². The van der Waals surface area contributed by atoms with E-state index in [0.717, 1.165) is 6.04 Å². The molecule has 2 unspecified atom stereocenters. The van der Waals surface area contributed by atoms with Gasteiger partial charge in [0.2, 0.25) is 0 Å². The smallest absolute Gasteiger partial charge is 0.0125 e. The van der Waals surface area contributed by atoms with Crippen LogP contribution < -0.4 is 5.32 Å². The highest BCUT2D eigenvalue weighted by atomic mass is 35.5. The van der Waals surface area contributed by atoms with Gasteiger partial charge in [-0.3, -0.25) is 0 Å². The van der Waals surface area contributed by atoms with Crippen LogP contribution in [0.25, 0.3) is 0 Å². The van der Waals surface area contributed by atoms with Crippen molar-refractivity contribution in [1.82, 2.24) is 10.2 Å². The van der Waals surface area contributed by atoms with Crippen molar-refractivity contribution in [3.05, 3.63) is 0 Å². The average molecular weight is 233 g/mol. The molecule has 2 nitrogen and oxygen atoms in total. The lowest BCUT2D eigenvalue weighted by atomic mass is 9.92. The van der Waals surface area contributed by atoms with Crippen LogP contribution in [0.1, 0.15) is 46.0 Å². The summed E-state index contributed by atoms with van der Waals surface area (Å²) >= 11 is 0. The van der Waals surface area contributed by atoms with Crippen LogP contribution in [0.3, 0.4) is 0 Å². The van der Waals surface area contributed by atoms with Crippen LogP contribution in [0.5, 0.6) is 0 Å². The Morgan fingerprint density at radius 1 is 0.933 bits per heavy atom. The summed E-state index contributed by atoms with van der Waals surface area (Å²) in [6.07, 6.45) is 7.00. The summed E-state index contributed by atoms with van der Waals surface area (Å²) in [5.74, 6) is 0. The minimum Gasteiger partial charge on any atom is -0.312 e. The van der Waals surface area contributed by atoms with Crippen molar-refractivity contribution in [2.45, 2.75) is 64.1 Å². The van der Waals surface area contributed by atoms with Crippen LogP contribution in [-0.2, 0) is 0 Å². The Labute approximate surface area is 100 Å². The zero-order valence-electron chi connectivity index (χ0n) is 10.0. The van der Waals surface area contributed by atoms with Gasteiger partial charge in [-0.2, -0.15) is 0 Å². The summed E-state index contributed by atoms with van der Waals surface area (Å²) in [5.41, 5.74) is 0. The van der Waals surface area contributed by atoms with Gasteiger partial charge in [0.05, 0.1) is 0 Å². The third-order valence-electron chi connectivity index (χ3n) is 3.73. The number of hydrogen-bond acceptors (Lipinski definition) is 2. The Kier molecular flexibility index (Phi) is 5.37. The molecule has 90 valence electrons. The molecule has 0 radical (unpaired) electrons. The van der Waals surface area contributed by atoms with Crippen molar-refractivity contribution in [2.75, 3.05) is 13.1 Å². The number of nitrogens with zero attached hydrogens (tertiary/aromatic N) is 1. The van der Waals surface area contributed by atoms with Crippen molar-refractivity contribution < 1.29 is 0 Å². The van der Waals surface area contributed by atoms with E-state index in [4.69, 9.17) is 0 Å². The largest absolute Gasteiger partial charge is 0.312 e. The first-order valence-electron chi connectivity index (χ1n) is 6.26. The van der Waals surface area contributed by atoms with Gasteiger partial charge in [-0.1, -0.05) is 6.42 Å². The van der Waals surface area contributed by atoms with E-state index in [-0.39, 0.29) is 12.4 Å². The highest BCUT2D eigenvalue weighted by molar-refractivity contribution is 5.85. The molecule has 15 heavy (non-hydrogen) atoms. The molecule has 0 aromatic rings. The molecule has 0 spiro atoms. The van der Waals surface area contributed by atoms with Gasteiger partial charge in [0.25, 0.3) is 0 Å². The molecular formula is C12H25ClN2. The second-order valence-corrected chi connectivity index (χ2v) is 5.19. The lowest BCUT2D eigenvalue weighted by Gasteiger charge is -2.41. The van der Waals surface area contributed by atoms with E-state index in [2.05, 4.69) is 24.1 Å². The molecule has 0 aliphatic carbocycles. The normalized spacial score (nSPS) is 38.4. The summed E-state index contributed by atoms with van der Waals surface area (Å²) in [5, 5.41) is 3.62.